The molecule has 4 aromatic rings. The van der Waals surface area contributed by atoms with Gasteiger partial charge in [-0.1, -0.05) is 30.3 Å². The number of amides is 1. The maximum absolute atomic E-state index is 13.0. The molecule has 0 fully saturated rings. The van der Waals surface area contributed by atoms with Crippen LogP contribution < -0.4 is 10.1 Å². The molecular weight excluding hydrogens is 376 g/mol. The Morgan fingerprint density at radius 3 is 2.60 bits per heavy atom. The van der Waals surface area contributed by atoms with Crippen molar-refractivity contribution in [1.82, 2.24) is 20.1 Å². The molecule has 0 aliphatic carbocycles. The molecular formula is C24H24N4O2. The van der Waals surface area contributed by atoms with Crippen LogP contribution in [0.25, 0.3) is 22.2 Å². The minimum atomic E-state index is -0.107. The van der Waals surface area contributed by atoms with Crippen molar-refractivity contribution < 1.29 is 9.53 Å². The SMILES string of the molecule is COc1ccc(CCNC(=O)c2cc(-c3cn(C)nc3C)nc3ccccc23)cc1. The summed E-state index contributed by atoms with van der Waals surface area (Å²) in [6, 6.07) is 17.4. The van der Waals surface area contributed by atoms with E-state index in [9.17, 15) is 4.79 Å². The van der Waals surface area contributed by atoms with E-state index in [4.69, 9.17) is 9.72 Å². The van der Waals surface area contributed by atoms with E-state index in [-0.39, 0.29) is 5.91 Å². The highest BCUT2D eigenvalue weighted by Gasteiger charge is 2.16. The Hall–Kier alpha value is -3.67. The first-order valence-corrected chi connectivity index (χ1v) is 9.86. The summed E-state index contributed by atoms with van der Waals surface area (Å²) in [7, 11) is 3.53. The van der Waals surface area contributed by atoms with Gasteiger partial charge in [-0.25, -0.2) is 4.98 Å². The van der Waals surface area contributed by atoms with E-state index in [1.807, 2.05) is 74.8 Å². The minimum Gasteiger partial charge on any atom is -0.497 e. The van der Waals surface area contributed by atoms with E-state index in [2.05, 4.69) is 10.4 Å². The maximum atomic E-state index is 13.0. The van der Waals surface area contributed by atoms with Crippen molar-refractivity contribution >= 4 is 16.8 Å². The van der Waals surface area contributed by atoms with Crippen molar-refractivity contribution in [3.05, 3.63) is 77.6 Å². The largest absolute Gasteiger partial charge is 0.497 e. The second-order valence-electron chi connectivity index (χ2n) is 7.23. The van der Waals surface area contributed by atoms with Gasteiger partial charge in [0.2, 0.25) is 0 Å². The second-order valence-corrected chi connectivity index (χ2v) is 7.23. The molecule has 0 spiro atoms. The van der Waals surface area contributed by atoms with Crippen molar-refractivity contribution in [3.8, 4) is 17.0 Å². The Bertz CT molecular complexity index is 1200. The summed E-state index contributed by atoms with van der Waals surface area (Å²) >= 11 is 0. The lowest BCUT2D eigenvalue weighted by Crippen LogP contribution is -2.26. The van der Waals surface area contributed by atoms with E-state index in [1.54, 1.807) is 11.8 Å². The summed E-state index contributed by atoms with van der Waals surface area (Å²) in [4.78, 5) is 17.8. The molecule has 0 aliphatic rings. The van der Waals surface area contributed by atoms with Crippen LogP contribution in [0.15, 0.2) is 60.8 Å². The topological polar surface area (TPSA) is 69.0 Å². The van der Waals surface area contributed by atoms with Crippen LogP contribution in [-0.2, 0) is 13.5 Å². The third-order valence-electron chi connectivity index (χ3n) is 5.11. The molecule has 4 rings (SSSR count). The van der Waals surface area contributed by atoms with Crippen LogP contribution in [0.3, 0.4) is 0 Å². The lowest BCUT2D eigenvalue weighted by atomic mass is 10.0. The normalized spacial score (nSPS) is 10.9. The summed E-state index contributed by atoms with van der Waals surface area (Å²) in [5, 5.41) is 8.29. The van der Waals surface area contributed by atoms with Crippen LogP contribution in [0.2, 0.25) is 0 Å². The first-order chi connectivity index (χ1) is 14.5. The van der Waals surface area contributed by atoms with Crippen LogP contribution in [-0.4, -0.2) is 34.3 Å². The summed E-state index contributed by atoms with van der Waals surface area (Å²) in [5.41, 5.74) is 5.11. The Labute approximate surface area is 175 Å². The van der Waals surface area contributed by atoms with Gasteiger partial charge in [0, 0.05) is 30.7 Å². The van der Waals surface area contributed by atoms with Crippen molar-refractivity contribution in [3.63, 3.8) is 0 Å². The highest BCUT2D eigenvalue weighted by Crippen LogP contribution is 2.26. The number of rotatable bonds is 6. The van der Waals surface area contributed by atoms with E-state index in [0.29, 0.717) is 12.1 Å². The summed E-state index contributed by atoms with van der Waals surface area (Å²) < 4.78 is 6.95. The van der Waals surface area contributed by atoms with Crippen LogP contribution in [0.5, 0.6) is 5.75 Å². The molecule has 2 aromatic carbocycles. The van der Waals surface area contributed by atoms with Gasteiger partial charge in [0.25, 0.3) is 5.91 Å². The Morgan fingerprint density at radius 2 is 1.90 bits per heavy atom. The summed E-state index contributed by atoms with van der Waals surface area (Å²) in [6.45, 7) is 2.49. The van der Waals surface area contributed by atoms with Gasteiger partial charge in [0.05, 0.1) is 29.6 Å². The van der Waals surface area contributed by atoms with Gasteiger partial charge in [0.15, 0.2) is 0 Å². The smallest absolute Gasteiger partial charge is 0.252 e. The fraction of sp³-hybridized carbons (Fsp3) is 0.208. The molecule has 30 heavy (non-hydrogen) atoms. The minimum absolute atomic E-state index is 0.107. The number of carbonyl (C=O) groups is 1. The first kappa shape index (κ1) is 19.6. The number of aromatic nitrogens is 3. The van der Waals surface area contributed by atoms with Crippen LogP contribution in [0.1, 0.15) is 21.6 Å². The van der Waals surface area contributed by atoms with E-state index in [0.717, 1.165) is 45.6 Å². The Balaban J connectivity index is 1.58. The number of pyridine rings is 1. The Morgan fingerprint density at radius 1 is 1.13 bits per heavy atom. The number of hydrogen-bond acceptors (Lipinski definition) is 4. The van der Waals surface area contributed by atoms with Crippen LogP contribution in [0.4, 0.5) is 0 Å². The number of ether oxygens (including phenoxy) is 1. The van der Waals surface area contributed by atoms with Gasteiger partial charge in [-0.2, -0.15) is 5.10 Å². The van der Waals surface area contributed by atoms with Gasteiger partial charge >= 0.3 is 0 Å². The number of hydrogen-bond donors (Lipinski definition) is 1. The third kappa shape index (κ3) is 4.03. The zero-order valence-electron chi connectivity index (χ0n) is 17.3. The molecule has 0 radical (unpaired) electrons. The van der Waals surface area contributed by atoms with E-state index >= 15 is 0 Å². The standard InChI is InChI=1S/C24H24N4O2/c1-16-21(15-28(2)27-16)23-14-20(19-6-4-5-7-22(19)26-23)24(29)25-13-12-17-8-10-18(30-3)11-9-17/h4-11,14-15H,12-13H2,1-3H3,(H,25,29). The molecule has 0 bridgehead atoms. The fourth-order valence-electron chi connectivity index (χ4n) is 3.56. The predicted octanol–water partition coefficient (Wildman–Crippen LogP) is 3.92. The quantitative estimate of drug-likeness (QED) is 0.533. The molecule has 0 saturated heterocycles. The number of nitrogens with one attached hydrogen (secondary N) is 1. The number of fused-ring (bicyclic) bond motifs is 1. The fourth-order valence-corrected chi connectivity index (χ4v) is 3.56. The molecule has 152 valence electrons. The monoisotopic (exact) mass is 400 g/mol. The summed E-state index contributed by atoms with van der Waals surface area (Å²) in [5.74, 6) is 0.717. The molecule has 2 aromatic heterocycles. The van der Waals surface area contributed by atoms with Gasteiger partial charge in [-0.15, -0.1) is 0 Å². The zero-order chi connectivity index (χ0) is 21.1. The number of nitrogens with zero attached hydrogens (tertiary/aromatic N) is 3. The van der Waals surface area contributed by atoms with Gasteiger partial charge in [0.1, 0.15) is 5.75 Å². The van der Waals surface area contributed by atoms with Crippen LogP contribution >= 0.6 is 0 Å². The van der Waals surface area contributed by atoms with Gasteiger partial charge < -0.3 is 10.1 Å². The molecule has 6 nitrogen and oxygen atoms in total. The molecule has 0 atom stereocenters. The number of carbonyl (C=O) groups excluding carboxylic acids is 1. The molecule has 0 saturated carbocycles. The maximum Gasteiger partial charge on any atom is 0.252 e. The highest BCUT2D eigenvalue weighted by atomic mass is 16.5. The predicted molar refractivity (Wildman–Crippen MR) is 118 cm³/mol. The zero-order valence-corrected chi connectivity index (χ0v) is 17.3. The molecule has 1 amide bonds. The molecule has 1 N–H and O–H groups in total. The summed E-state index contributed by atoms with van der Waals surface area (Å²) in [6.07, 6.45) is 2.67. The van der Waals surface area contributed by atoms with E-state index in [1.165, 1.54) is 0 Å². The molecule has 0 aliphatic heterocycles. The van der Waals surface area contributed by atoms with Crippen molar-refractivity contribution in [2.24, 2.45) is 7.05 Å². The lowest BCUT2D eigenvalue weighted by Gasteiger charge is -2.10. The number of para-hydroxylation sites is 1. The van der Waals surface area contributed by atoms with Crippen molar-refractivity contribution in [2.75, 3.05) is 13.7 Å². The number of methoxy groups -OCH3 is 1. The highest BCUT2D eigenvalue weighted by molar-refractivity contribution is 6.07. The van der Waals surface area contributed by atoms with Crippen molar-refractivity contribution in [1.29, 1.82) is 0 Å². The number of benzene rings is 2. The molecule has 6 heteroatoms. The molecule has 0 unspecified atom stereocenters. The average Bonchev–Trinajstić information content (AvgIpc) is 3.11. The second kappa shape index (κ2) is 8.37. The van der Waals surface area contributed by atoms with Gasteiger partial charge in [-0.3, -0.25) is 9.48 Å². The first-order valence-electron chi connectivity index (χ1n) is 9.86. The number of aryl methyl sites for hydroxylation is 2. The Kier molecular flexibility index (Phi) is 5.48. The van der Waals surface area contributed by atoms with E-state index < -0.39 is 0 Å². The lowest BCUT2D eigenvalue weighted by molar-refractivity contribution is 0.0955. The van der Waals surface area contributed by atoms with Crippen LogP contribution in [0, 0.1) is 6.92 Å². The van der Waals surface area contributed by atoms with Crippen molar-refractivity contribution in [2.45, 2.75) is 13.3 Å². The van der Waals surface area contributed by atoms with Gasteiger partial charge in [-0.05, 0) is 43.2 Å². The molecule has 2 heterocycles. The average molecular weight is 400 g/mol. The third-order valence-corrected chi connectivity index (χ3v) is 5.11.